The number of carbonyl (C=O) groups is 1. The molecule has 2 rings (SSSR count). The van der Waals surface area contributed by atoms with Crippen molar-refractivity contribution in [1.29, 1.82) is 5.26 Å². The third-order valence-electron chi connectivity index (χ3n) is 3.14. The minimum Gasteiger partial charge on any atom is -0.381 e. The number of hydrogen-bond acceptors (Lipinski definition) is 3. The van der Waals surface area contributed by atoms with Gasteiger partial charge in [0.15, 0.2) is 0 Å². The van der Waals surface area contributed by atoms with Gasteiger partial charge < -0.3 is 10.6 Å². The highest BCUT2D eigenvalue weighted by Gasteiger charge is 2.01. The van der Waals surface area contributed by atoms with E-state index in [0.717, 1.165) is 22.5 Å². The zero-order chi connectivity index (χ0) is 15.2. The SMILES string of the molecule is CC(=O)Nc1cccc(NCc2ccc(C#N)cc2C)c1. The summed E-state index contributed by atoms with van der Waals surface area (Å²) >= 11 is 0. The van der Waals surface area contributed by atoms with E-state index >= 15 is 0 Å². The summed E-state index contributed by atoms with van der Waals surface area (Å²) in [5.41, 5.74) is 4.59. The molecular weight excluding hydrogens is 262 g/mol. The van der Waals surface area contributed by atoms with Crippen molar-refractivity contribution in [2.45, 2.75) is 20.4 Å². The molecule has 2 aromatic carbocycles. The van der Waals surface area contributed by atoms with Crippen LogP contribution in [0.3, 0.4) is 0 Å². The molecular formula is C17H17N3O. The Hall–Kier alpha value is -2.80. The number of benzene rings is 2. The molecule has 0 spiro atoms. The summed E-state index contributed by atoms with van der Waals surface area (Å²) in [5, 5.41) is 14.9. The average Bonchev–Trinajstić information content (AvgIpc) is 2.45. The van der Waals surface area contributed by atoms with Crippen LogP contribution < -0.4 is 10.6 Å². The highest BCUT2D eigenvalue weighted by molar-refractivity contribution is 5.89. The number of aryl methyl sites for hydroxylation is 1. The van der Waals surface area contributed by atoms with Crippen LogP contribution in [0.15, 0.2) is 42.5 Å². The zero-order valence-corrected chi connectivity index (χ0v) is 12.1. The molecule has 0 radical (unpaired) electrons. The first-order chi connectivity index (χ1) is 10.1. The Morgan fingerprint density at radius 2 is 1.95 bits per heavy atom. The third kappa shape index (κ3) is 4.08. The van der Waals surface area contributed by atoms with Crippen LogP contribution in [-0.4, -0.2) is 5.91 Å². The zero-order valence-electron chi connectivity index (χ0n) is 12.1. The van der Waals surface area contributed by atoms with Gasteiger partial charge in [0, 0.05) is 24.8 Å². The predicted octanol–water partition coefficient (Wildman–Crippen LogP) is 3.44. The van der Waals surface area contributed by atoms with Gasteiger partial charge >= 0.3 is 0 Å². The van der Waals surface area contributed by atoms with Crippen LogP contribution in [0.25, 0.3) is 0 Å². The standard InChI is InChI=1S/C17H17N3O/c1-12-8-14(10-18)6-7-15(12)11-19-16-4-3-5-17(9-16)20-13(2)21/h3-9,19H,11H2,1-2H3,(H,20,21). The Morgan fingerprint density at radius 1 is 1.19 bits per heavy atom. The van der Waals surface area contributed by atoms with Crippen LogP contribution >= 0.6 is 0 Å². The lowest BCUT2D eigenvalue weighted by Gasteiger charge is -2.11. The predicted molar refractivity (Wildman–Crippen MR) is 84.0 cm³/mol. The molecule has 0 heterocycles. The molecule has 2 aromatic rings. The first-order valence-electron chi connectivity index (χ1n) is 6.69. The third-order valence-corrected chi connectivity index (χ3v) is 3.14. The Labute approximate surface area is 124 Å². The summed E-state index contributed by atoms with van der Waals surface area (Å²) in [6.45, 7) is 4.15. The van der Waals surface area contributed by atoms with E-state index in [0.29, 0.717) is 12.1 Å². The molecule has 0 saturated carbocycles. The average molecular weight is 279 g/mol. The highest BCUT2D eigenvalue weighted by Crippen LogP contribution is 2.17. The molecule has 0 aromatic heterocycles. The topological polar surface area (TPSA) is 64.9 Å². The van der Waals surface area contributed by atoms with Gasteiger partial charge in [-0.2, -0.15) is 5.26 Å². The number of anilines is 2. The maximum atomic E-state index is 11.1. The Kier molecular flexibility index (Phi) is 4.57. The smallest absolute Gasteiger partial charge is 0.221 e. The number of nitrogens with one attached hydrogen (secondary N) is 2. The van der Waals surface area contributed by atoms with E-state index in [1.807, 2.05) is 49.4 Å². The van der Waals surface area contributed by atoms with Crippen molar-refractivity contribution < 1.29 is 4.79 Å². The van der Waals surface area contributed by atoms with Crippen LogP contribution in [-0.2, 0) is 11.3 Å². The molecule has 106 valence electrons. The molecule has 0 aliphatic heterocycles. The normalized spacial score (nSPS) is 9.76. The molecule has 0 aliphatic carbocycles. The Morgan fingerprint density at radius 3 is 2.62 bits per heavy atom. The van der Waals surface area contributed by atoms with Crippen LogP contribution in [0.4, 0.5) is 11.4 Å². The number of rotatable bonds is 4. The molecule has 0 saturated heterocycles. The molecule has 0 atom stereocenters. The summed E-state index contributed by atoms with van der Waals surface area (Å²) < 4.78 is 0. The molecule has 4 heteroatoms. The summed E-state index contributed by atoms with van der Waals surface area (Å²) in [6, 6.07) is 15.4. The van der Waals surface area contributed by atoms with Crippen molar-refractivity contribution in [3.05, 3.63) is 59.2 Å². The lowest BCUT2D eigenvalue weighted by molar-refractivity contribution is -0.114. The maximum absolute atomic E-state index is 11.1. The van der Waals surface area contributed by atoms with Crippen LogP contribution in [0.2, 0.25) is 0 Å². The lowest BCUT2D eigenvalue weighted by atomic mass is 10.1. The number of nitriles is 1. The molecule has 0 aliphatic rings. The Balaban J connectivity index is 2.06. The second-order valence-electron chi connectivity index (χ2n) is 4.87. The van der Waals surface area contributed by atoms with Crippen molar-refractivity contribution in [2.24, 2.45) is 0 Å². The van der Waals surface area contributed by atoms with E-state index in [1.165, 1.54) is 6.92 Å². The second kappa shape index (κ2) is 6.58. The molecule has 0 bridgehead atoms. The number of amides is 1. The largest absolute Gasteiger partial charge is 0.381 e. The van der Waals surface area contributed by atoms with Gasteiger partial charge in [0.1, 0.15) is 0 Å². The van der Waals surface area contributed by atoms with E-state index in [4.69, 9.17) is 5.26 Å². The van der Waals surface area contributed by atoms with Crippen molar-refractivity contribution >= 4 is 17.3 Å². The molecule has 1 amide bonds. The lowest BCUT2D eigenvalue weighted by Crippen LogP contribution is -2.06. The van der Waals surface area contributed by atoms with Gasteiger partial charge in [-0.05, 0) is 48.4 Å². The number of hydrogen-bond donors (Lipinski definition) is 2. The van der Waals surface area contributed by atoms with E-state index in [-0.39, 0.29) is 5.91 Å². The molecule has 0 fully saturated rings. The fourth-order valence-electron chi connectivity index (χ4n) is 2.07. The van der Waals surface area contributed by atoms with Gasteiger partial charge in [0.25, 0.3) is 0 Å². The van der Waals surface area contributed by atoms with Gasteiger partial charge in [0.05, 0.1) is 11.6 Å². The first kappa shape index (κ1) is 14.6. The maximum Gasteiger partial charge on any atom is 0.221 e. The fourth-order valence-corrected chi connectivity index (χ4v) is 2.07. The minimum atomic E-state index is -0.0879. The van der Waals surface area contributed by atoms with Gasteiger partial charge in [-0.1, -0.05) is 12.1 Å². The number of nitrogens with zero attached hydrogens (tertiary/aromatic N) is 1. The van der Waals surface area contributed by atoms with Crippen molar-refractivity contribution in [1.82, 2.24) is 0 Å². The highest BCUT2D eigenvalue weighted by atomic mass is 16.1. The minimum absolute atomic E-state index is 0.0879. The monoisotopic (exact) mass is 279 g/mol. The summed E-state index contributed by atoms with van der Waals surface area (Å²) in [7, 11) is 0. The van der Waals surface area contributed by atoms with Crippen LogP contribution in [0, 0.1) is 18.3 Å². The molecule has 4 nitrogen and oxygen atoms in total. The first-order valence-corrected chi connectivity index (χ1v) is 6.69. The van der Waals surface area contributed by atoms with E-state index < -0.39 is 0 Å². The van der Waals surface area contributed by atoms with Crippen LogP contribution in [0.5, 0.6) is 0 Å². The van der Waals surface area contributed by atoms with Gasteiger partial charge in [-0.25, -0.2) is 0 Å². The van der Waals surface area contributed by atoms with Gasteiger partial charge in [-0.15, -0.1) is 0 Å². The van der Waals surface area contributed by atoms with Crippen LogP contribution in [0.1, 0.15) is 23.6 Å². The molecule has 21 heavy (non-hydrogen) atoms. The molecule has 2 N–H and O–H groups in total. The van der Waals surface area contributed by atoms with Crippen molar-refractivity contribution in [3.63, 3.8) is 0 Å². The van der Waals surface area contributed by atoms with E-state index in [9.17, 15) is 4.79 Å². The summed E-state index contributed by atoms with van der Waals surface area (Å²) in [5.74, 6) is -0.0879. The summed E-state index contributed by atoms with van der Waals surface area (Å²) in [4.78, 5) is 11.1. The van der Waals surface area contributed by atoms with Crippen molar-refractivity contribution in [2.75, 3.05) is 10.6 Å². The van der Waals surface area contributed by atoms with Gasteiger partial charge in [-0.3, -0.25) is 4.79 Å². The van der Waals surface area contributed by atoms with E-state index in [1.54, 1.807) is 0 Å². The Bertz CT molecular complexity index is 701. The number of carbonyl (C=O) groups excluding carboxylic acids is 1. The fraction of sp³-hybridized carbons (Fsp3) is 0.176. The second-order valence-corrected chi connectivity index (χ2v) is 4.87. The van der Waals surface area contributed by atoms with Gasteiger partial charge in [0.2, 0.25) is 5.91 Å². The molecule has 0 unspecified atom stereocenters. The quantitative estimate of drug-likeness (QED) is 0.901. The summed E-state index contributed by atoms with van der Waals surface area (Å²) in [6.07, 6.45) is 0. The van der Waals surface area contributed by atoms with Crippen molar-refractivity contribution in [3.8, 4) is 6.07 Å². The van der Waals surface area contributed by atoms with E-state index in [2.05, 4.69) is 16.7 Å².